The van der Waals surface area contributed by atoms with Gasteiger partial charge in [-0.3, -0.25) is 9.36 Å². The predicted molar refractivity (Wildman–Crippen MR) is 121 cm³/mol. The number of hydrogen-bond donors (Lipinski definition) is 1. The Labute approximate surface area is 185 Å². The molecule has 1 saturated heterocycles. The smallest absolute Gasteiger partial charge is 0.255 e. The average molecular weight is 448 g/mol. The van der Waals surface area contributed by atoms with Gasteiger partial charge in [-0.05, 0) is 55.3 Å². The highest BCUT2D eigenvalue weighted by Crippen LogP contribution is 2.22. The van der Waals surface area contributed by atoms with Crippen LogP contribution in [0.3, 0.4) is 0 Å². The quantitative estimate of drug-likeness (QED) is 0.505. The minimum Gasteiger partial charge on any atom is -0.321 e. The Kier molecular flexibility index (Phi) is 5.20. The molecule has 1 aliphatic heterocycles. The number of carbonyl (C=O) groups excluding carboxylic acids is 1. The number of anilines is 1. The molecule has 0 saturated carbocycles. The van der Waals surface area contributed by atoms with E-state index in [1.807, 2.05) is 28.8 Å². The van der Waals surface area contributed by atoms with Crippen molar-refractivity contribution in [2.24, 2.45) is 0 Å². The molecule has 0 spiro atoms. The maximum atomic E-state index is 12.8. The molecule has 1 amide bonds. The number of fused-ring (bicyclic) bond motifs is 1. The molecule has 9 heteroatoms. The van der Waals surface area contributed by atoms with Gasteiger partial charge in [0.05, 0.1) is 27.8 Å². The Bertz CT molecular complexity index is 1390. The first-order valence-electron chi connectivity index (χ1n) is 10.3. The molecule has 3 heterocycles. The molecule has 4 aromatic rings. The van der Waals surface area contributed by atoms with Gasteiger partial charge < -0.3 is 5.32 Å². The summed E-state index contributed by atoms with van der Waals surface area (Å²) < 4.78 is 28.9. The zero-order valence-corrected chi connectivity index (χ0v) is 18.0. The van der Waals surface area contributed by atoms with E-state index < -0.39 is 15.9 Å². The van der Waals surface area contributed by atoms with Crippen LogP contribution < -0.4 is 5.32 Å². The summed E-state index contributed by atoms with van der Waals surface area (Å²) in [6.45, 7) is 1.03. The van der Waals surface area contributed by atoms with E-state index in [0.29, 0.717) is 24.6 Å². The zero-order valence-electron chi connectivity index (χ0n) is 17.2. The van der Waals surface area contributed by atoms with E-state index in [2.05, 4.69) is 15.3 Å². The topological polar surface area (TPSA) is 97.2 Å². The molecule has 162 valence electrons. The SMILES string of the molecule is O=C(Nc1ccc(-n2cnc3ccccc32)nc1)c1cccc(S(=O)(=O)N2CCCC2)c1. The summed E-state index contributed by atoms with van der Waals surface area (Å²) in [7, 11) is -3.58. The van der Waals surface area contributed by atoms with E-state index in [1.165, 1.54) is 16.4 Å². The molecule has 0 aliphatic carbocycles. The second-order valence-electron chi connectivity index (χ2n) is 7.60. The average Bonchev–Trinajstić information content (AvgIpc) is 3.51. The second kappa shape index (κ2) is 8.18. The number of pyridine rings is 1. The molecular formula is C23H21N5O3S. The first kappa shape index (κ1) is 20.3. The molecule has 2 aromatic carbocycles. The van der Waals surface area contributed by atoms with Crippen molar-refractivity contribution in [3.8, 4) is 5.82 Å². The number of sulfonamides is 1. The van der Waals surface area contributed by atoms with E-state index >= 15 is 0 Å². The number of aromatic nitrogens is 3. The lowest BCUT2D eigenvalue weighted by atomic mass is 10.2. The number of hydrogen-bond acceptors (Lipinski definition) is 5. The van der Waals surface area contributed by atoms with Gasteiger partial charge in [-0.1, -0.05) is 18.2 Å². The lowest BCUT2D eigenvalue weighted by molar-refractivity contribution is 0.102. The number of nitrogens with zero attached hydrogens (tertiary/aromatic N) is 4. The molecule has 0 bridgehead atoms. The van der Waals surface area contributed by atoms with Crippen LogP contribution >= 0.6 is 0 Å². The molecule has 5 rings (SSSR count). The first-order valence-corrected chi connectivity index (χ1v) is 11.8. The largest absolute Gasteiger partial charge is 0.321 e. The van der Waals surface area contributed by atoms with E-state index in [9.17, 15) is 13.2 Å². The van der Waals surface area contributed by atoms with E-state index in [-0.39, 0.29) is 10.5 Å². The van der Waals surface area contributed by atoms with Gasteiger partial charge in [0.2, 0.25) is 10.0 Å². The Morgan fingerprint density at radius 3 is 2.53 bits per heavy atom. The van der Waals surface area contributed by atoms with Crippen LogP contribution in [-0.2, 0) is 10.0 Å². The van der Waals surface area contributed by atoms with Crippen molar-refractivity contribution in [2.75, 3.05) is 18.4 Å². The monoisotopic (exact) mass is 447 g/mol. The van der Waals surface area contributed by atoms with Gasteiger partial charge in [-0.25, -0.2) is 18.4 Å². The molecule has 0 radical (unpaired) electrons. The normalized spacial score (nSPS) is 14.6. The maximum absolute atomic E-state index is 12.8. The number of rotatable bonds is 5. The van der Waals surface area contributed by atoms with Gasteiger partial charge in [-0.2, -0.15) is 4.31 Å². The third-order valence-electron chi connectivity index (χ3n) is 5.51. The highest BCUT2D eigenvalue weighted by atomic mass is 32.2. The fraction of sp³-hybridized carbons (Fsp3) is 0.174. The van der Waals surface area contributed by atoms with Gasteiger partial charge in [0.15, 0.2) is 0 Å². The number of amides is 1. The third-order valence-corrected chi connectivity index (χ3v) is 7.40. The Balaban J connectivity index is 1.34. The van der Waals surface area contributed by atoms with Gasteiger partial charge in [0, 0.05) is 18.7 Å². The van der Waals surface area contributed by atoms with Crippen molar-refractivity contribution in [2.45, 2.75) is 17.7 Å². The van der Waals surface area contributed by atoms with Crippen LogP contribution in [0.2, 0.25) is 0 Å². The maximum Gasteiger partial charge on any atom is 0.255 e. The predicted octanol–water partition coefficient (Wildman–Crippen LogP) is 3.46. The summed E-state index contributed by atoms with van der Waals surface area (Å²) in [4.78, 5) is 21.7. The Morgan fingerprint density at radius 1 is 0.938 bits per heavy atom. The molecular weight excluding hydrogens is 426 g/mol. The minimum atomic E-state index is -3.58. The minimum absolute atomic E-state index is 0.132. The van der Waals surface area contributed by atoms with Crippen LogP contribution in [0, 0.1) is 0 Å². The summed E-state index contributed by atoms with van der Waals surface area (Å²) >= 11 is 0. The van der Waals surface area contributed by atoms with Crippen molar-refractivity contribution in [3.63, 3.8) is 0 Å². The standard InChI is InChI=1S/C23H21N5O3S/c29-23(17-6-5-7-19(14-17)32(30,31)27-12-3-4-13-27)26-18-10-11-22(24-15-18)28-16-25-20-8-1-2-9-21(20)28/h1-2,5-11,14-16H,3-4,12-13H2,(H,26,29). The van der Waals surface area contributed by atoms with Crippen molar-refractivity contribution in [1.82, 2.24) is 18.8 Å². The zero-order chi connectivity index (χ0) is 22.1. The highest BCUT2D eigenvalue weighted by Gasteiger charge is 2.27. The van der Waals surface area contributed by atoms with Gasteiger partial charge in [-0.15, -0.1) is 0 Å². The van der Waals surface area contributed by atoms with E-state index in [0.717, 1.165) is 23.9 Å². The molecule has 1 fully saturated rings. The third kappa shape index (κ3) is 3.76. The molecule has 1 N–H and O–H groups in total. The molecule has 2 aromatic heterocycles. The van der Waals surface area contributed by atoms with Crippen molar-refractivity contribution in [1.29, 1.82) is 0 Å². The Hall–Kier alpha value is -3.56. The van der Waals surface area contributed by atoms with E-state index in [4.69, 9.17) is 0 Å². The van der Waals surface area contributed by atoms with Gasteiger partial charge in [0.25, 0.3) is 5.91 Å². The van der Waals surface area contributed by atoms with Crippen LogP contribution in [0.1, 0.15) is 23.2 Å². The second-order valence-corrected chi connectivity index (χ2v) is 9.54. The number of benzene rings is 2. The molecule has 8 nitrogen and oxygen atoms in total. The van der Waals surface area contributed by atoms with Crippen LogP contribution in [-0.4, -0.2) is 46.3 Å². The summed E-state index contributed by atoms with van der Waals surface area (Å²) in [6, 6.07) is 17.4. The molecule has 0 unspecified atom stereocenters. The van der Waals surface area contributed by atoms with Crippen LogP contribution in [0.5, 0.6) is 0 Å². The molecule has 0 atom stereocenters. The fourth-order valence-corrected chi connectivity index (χ4v) is 5.39. The summed E-state index contributed by atoms with van der Waals surface area (Å²) in [5.41, 5.74) is 2.59. The lowest BCUT2D eigenvalue weighted by Gasteiger charge is -2.16. The number of nitrogens with one attached hydrogen (secondary N) is 1. The molecule has 32 heavy (non-hydrogen) atoms. The number of para-hydroxylation sites is 2. The number of imidazole rings is 1. The van der Waals surface area contributed by atoms with Crippen molar-refractivity contribution < 1.29 is 13.2 Å². The fourth-order valence-electron chi connectivity index (χ4n) is 3.82. The van der Waals surface area contributed by atoms with Gasteiger partial charge in [0.1, 0.15) is 12.1 Å². The number of carbonyl (C=O) groups is 1. The van der Waals surface area contributed by atoms with Crippen LogP contribution in [0.15, 0.2) is 78.1 Å². The van der Waals surface area contributed by atoms with Crippen LogP contribution in [0.4, 0.5) is 5.69 Å². The lowest BCUT2D eigenvalue weighted by Crippen LogP contribution is -2.28. The van der Waals surface area contributed by atoms with Gasteiger partial charge >= 0.3 is 0 Å². The first-order chi connectivity index (χ1) is 15.5. The summed E-state index contributed by atoms with van der Waals surface area (Å²) in [5.74, 6) is 0.279. The van der Waals surface area contributed by atoms with Crippen molar-refractivity contribution >= 4 is 32.7 Å². The Morgan fingerprint density at radius 2 is 1.75 bits per heavy atom. The summed E-state index contributed by atoms with van der Waals surface area (Å²) in [5, 5.41) is 2.78. The summed E-state index contributed by atoms with van der Waals surface area (Å²) in [6.07, 6.45) is 4.99. The van der Waals surface area contributed by atoms with Crippen molar-refractivity contribution in [3.05, 3.63) is 78.8 Å². The highest BCUT2D eigenvalue weighted by molar-refractivity contribution is 7.89. The van der Waals surface area contributed by atoms with E-state index in [1.54, 1.807) is 36.8 Å². The molecule has 1 aliphatic rings. The van der Waals surface area contributed by atoms with Crippen LogP contribution in [0.25, 0.3) is 16.9 Å².